The summed E-state index contributed by atoms with van der Waals surface area (Å²) in [6.07, 6.45) is 1.88. The number of aryl methyl sites for hydroxylation is 1. The number of carbonyl (C=O) groups is 1. The van der Waals surface area contributed by atoms with E-state index in [1.54, 1.807) is 0 Å². The predicted molar refractivity (Wildman–Crippen MR) is 81.5 cm³/mol. The number of nitrogens with zero attached hydrogens (tertiary/aromatic N) is 2. The molecule has 0 spiro atoms. The first-order valence-corrected chi connectivity index (χ1v) is 8.05. The van der Waals surface area contributed by atoms with Crippen LogP contribution in [0.2, 0.25) is 4.34 Å². The lowest BCUT2D eigenvalue weighted by Gasteiger charge is -2.22. The van der Waals surface area contributed by atoms with Crippen LogP contribution in [0.3, 0.4) is 0 Å². The molecule has 2 aromatic heterocycles. The summed E-state index contributed by atoms with van der Waals surface area (Å²) < 4.78 is 6.04. The Bertz CT molecular complexity index is 640. The van der Waals surface area contributed by atoms with Crippen molar-refractivity contribution in [3.05, 3.63) is 38.9 Å². The van der Waals surface area contributed by atoms with Gasteiger partial charge in [-0.05, 0) is 31.9 Å². The van der Waals surface area contributed by atoms with Gasteiger partial charge in [0.2, 0.25) is 0 Å². The van der Waals surface area contributed by atoms with Gasteiger partial charge in [-0.15, -0.1) is 11.3 Å². The second-order valence-corrected chi connectivity index (χ2v) is 6.89. The molecule has 0 unspecified atom stereocenters. The highest BCUT2D eigenvalue weighted by Gasteiger charge is 2.32. The number of urea groups is 1. The third-order valence-corrected chi connectivity index (χ3v) is 4.76. The molecular weight excluding hydrogens is 310 g/mol. The third kappa shape index (κ3) is 3.22. The molecule has 1 atom stereocenters. The van der Waals surface area contributed by atoms with Gasteiger partial charge in [-0.2, -0.15) is 0 Å². The molecule has 0 radical (unpaired) electrons. The first-order chi connectivity index (χ1) is 10.1. The van der Waals surface area contributed by atoms with Crippen molar-refractivity contribution in [2.24, 2.45) is 0 Å². The number of nitrogens with one attached hydrogen (secondary N) is 1. The first kappa shape index (κ1) is 14.4. The van der Waals surface area contributed by atoms with Crippen LogP contribution in [-0.2, 0) is 6.54 Å². The van der Waals surface area contributed by atoms with E-state index >= 15 is 0 Å². The maximum atomic E-state index is 12.3. The fourth-order valence-corrected chi connectivity index (χ4v) is 3.58. The van der Waals surface area contributed by atoms with Crippen LogP contribution >= 0.6 is 22.9 Å². The summed E-state index contributed by atoms with van der Waals surface area (Å²) in [4.78, 5) is 15.2. The third-order valence-electron chi connectivity index (χ3n) is 3.53. The van der Waals surface area contributed by atoms with E-state index in [0.717, 1.165) is 40.1 Å². The summed E-state index contributed by atoms with van der Waals surface area (Å²) in [5.74, 6) is 0.763. The number of rotatable bonds is 3. The van der Waals surface area contributed by atoms with Crippen molar-refractivity contribution in [3.63, 3.8) is 0 Å². The quantitative estimate of drug-likeness (QED) is 0.935. The Labute approximate surface area is 131 Å². The lowest BCUT2D eigenvalue weighted by molar-refractivity contribution is 0.182. The molecule has 0 saturated carbocycles. The predicted octanol–water partition coefficient (Wildman–Crippen LogP) is 3.74. The maximum absolute atomic E-state index is 12.3. The van der Waals surface area contributed by atoms with Crippen LogP contribution in [0.5, 0.6) is 0 Å². The number of carbonyl (C=O) groups excluding carboxylic acids is 1. The first-order valence-electron chi connectivity index (χ1n) is 6.85. The largest absolute Gasteiger partial charge is 0.359 e. The molecule has 2 aromatic rings. The van der Waals surface area contributed by atoms with Crippen LogP contribution in [0, 0.1) is 6.92 Å². The number of aromatic nitrogens is 1. The van der Waals surface area contributed by atoms with E-state index in [1.165, 1.54) is 11.3 Å². The monoisotopic (exact) mass is 325 g/mol. The van der Waals surface area contributed by atoms with Crippen molar-refractivity contribution in [2.45, 2.75) is 32.4 Å². The van der Waals surface area contributed by atoms with Gasteiger partial charge in [0.15, 0.2) is 5.76 Å². The summed E-state index contributed by atoms with van der Waals surface area (Å²) in [6, 6.07) is 5.57. The molecule has 7 heteroatoms. The van der Waals surface area contributed by atoms with Gasteiger partial charge in [-0.1, -0.05) is 16.8 Å². The lowest BCUT2D eigenvalue weighted by atomic mass is 10.1. The molecule has 112 valence electrons. The Morgan fingerprint density at radius 2 is 2.48 bits per heavy atom. The minimum Gasteiger partial charge on any atom is -0.359 e. The summed E-state index contributed by atoms with van der Waals surface area (Å²) >= 11 is 7.36. The summed E-state index contributed by atoms with van der Waals surface area (Å²) in [5.41, 5.74) is 0.838. The van der Waals surface area contributed by atoms with Crippen molar-refractivity contribution >= 4 is 29.0 Å². The second-order valence-electron chi connectivity index (χ2n) is 5.09. The summed E-state index contributed by atoms with van der Waals surface area (Å²) in [7, 11) is 0. The molecule has 0 aromatic carbocycles. The zero-order valence-electron chi connectivity index (χ0n) is 11.6. The highest BCUT2D eigenvalue weighted by molar-refractivity contribution is 7.16. The highest BCUT2D eigenvalue weighted by Crippen LogP contribution is 2.32. The molecule has 21 heavy (non-hydrogen) atoms. The molecular formula is C14H16ClN3O2S. The number of thiophene rings is 1. The number of hydrogen-bond acceptors (Lipinski definition) is 4. The van der Waals surface area contributed by atoms with Gasteiger partial charge in [0.05, 0.1) is 22.6 Å². The normalized spacial score (nSPS) is 18.2. The number of halogens is 1. The SMILES string of the molecule is Cc1cc([C@H]2CCCN2C(=O)NCc2ccc(Cl)s2)on1. The van der Waals surface area contributed by atoms with Crippen LogP contribution in [0.1, 0.15) is 35.2 Å². The molecule has 5 nitrogen and oxygen atoms in total. The molecule has 0 aliphatic carbocycles. The van der Waals surface area contributed by atoms with Crippen LogP contribution in [0.25, 0.3) is 0 Å². The topological polar surface area (TPSA) is 58.4 Å². The Morgan fingerprint density at radius 1 is 1.62 bits per heavy atom. The van der Waals surface area contributed by atoms with Gasteiger partial charge < -0.3 is 14.7 Å². The van der Waals surface area contributed by atoms with Crippen molar-refractivity contribution in [1.82, 2.24) is 15.4 Å². The highest BCUT2D eigenvalue weighted by atomic mass is 35.5. The molecule has 1 N–H and O–H groups in total. The average Bonchev–Trinajstić information content (AvgIpc) is 3.16. The molecule has 3 rings (SSSR count). The standard InChI is InChI=1S/C14H16ClN3O2S/c1-9-7-12(20-17-9)11-3-2-6-18(11)14(19)16-8-10-4-5-13(15)21-10/h4-5,7,11H,2-3,6,8H2,1H3,(H,16,19)/t11-/m1/s1. The molecule has 1 aliphatic heterocycles. The maximum Gasteiger partial charge on any atom is 0.318 e. The van der Waals surface area contributed by atoms with E-state index in [0.29, 0.717) is 6.54 Å². The fourth-order valence-electron chi connectivity index (χ4n) is 2.56. The second kappa shape index (κ2) is 6.07. The molecule has 1 aliphatic rings. The van der Waals surface area contributed by atoms with Gasteiger partial charge in [0.1, 0.15) is 0 Å². The lowest BCUT2D eigenvalue weighted by Crippen LogP contribution is -2.38. The summed E-state index contributed by atoms with van der Waals surface area (Å²) in [6.45, 7) is 3.11. The minimum absolute atomic E-state index is 0.0156. The average molecular weight is 326 g/mol. The fraction of sp³-hybridized carbons (Fsp3) is 0.429. The van der Waals surface area contributed by atoms with Crippen LogP contribution in [0.4, 0.5) is 4.79 Å². The molecule has 2 amide bonds. The Hall–Kier alpha value is -1.53. The number of amides is 2. The van der Waals surface area contributed by atoms with Gasteiger partial charge in [-0.25, -0.2) is 4.79 Å². The molecule has 1 fully saturated rings. The van der Waals surface area contributed by atoms with E-state index in [-0.39, 0.29) is 12.1 Å². The van der Waals surface area contributed by atoms with Crippen LogP contribution in [-0.4, -0.2) is 22.6 Å². The van der Waals surface area contributed by atoms with Crippen molar-refractivity contribution in [1.29, 1.82) is 0 Å². The van der Waals surface area contributed by atoms with E-state index in [9.17, 15) is 4.79 Å². The van der Waals surface area contributed by atoms with E-state index < -0.39 is 0 Å². The Balaban J connectivity index is 1.63. The van der Waals surface area contributed by atoms with Gasteiger partial charge in [-0.3, -0.25) is 0 Å². The van der Waals surface area contributed by atoms with E-state index in [1.807, 2.05) is 30.0 Å². The molecule has 1 saturated heterocycles. The Kier molecular flexibility index (Phi) is 4.17. The zero-order chi connectivity index (χ0) is 14.8. The zero-order valence-corrected chi connectivity index (χ0v) is 13.2. The van der Waals surface area contributed by atoms with Crippen LogP contribution < -0.4 is 5.32 Å². The van der Waals surface area contributed by atoms with Gasteiger partial charge in [0.25, 0.3) is 0 Å². The number of likely N-dealkylation sites (tertiary alicyclic amines) is 1. The van der Waals surface area contributed by atoms with Gasteiger partial charge >= 0.3 is 6.03 Å². The van der Waals surface area contributed by atoms with Gasteiger partial charge in [0, 0.05) is 17.5 Å². The smallest absolute Gasteiger partial charge is 0.318 e. The van der Waals surface area contributed by atoms with Crippen molar-refractivity contribution < 1.29 is 9.32 Å². The number of hydrogen-bond donors (Lipinski definition) is 1. The molecule has 3 heterocycles. The Morgan fingerprint density at radius 3 is 3.14 bits per heavy atom. The van der Waals surface area contributed by atoms with E-state index in [2.05, 4.69) is 10.5 Å². The molecule has 0 bridgehead atoms. The van der Waals surface area contributed by atoms with E-state index in [4.69, 9.17) is 16.1 Å². The summed E-state index contributed by atoms with van der Waals surface area (Å²) in [5, 5.41) is 6.84. The van der Waals surface area contributed by atoms with Crippen molar-refractivity contribution in [2.75, 3.05) is 6.54 Å². The minimum atomic E-state index is -0.0731. The van der Waals surface area contributed by atoms with Crippen molar-refractivity contribution in [3.8, 4) is 0 Å². The van der Waals surface area contributed by atoms with Crippen LogP contribution in [0.15, 0.2) is 22.7 Å².